The van der Waals surface area contributed by atoms with Crippen LogP contribution in [0.2, 0.25) is 0 Å². The Balaban J connectivity index is 1.85. The molecule has 1 aliphatic heterocycles. The summed E-state index contributed by atoms with van der Waals surface area (Å²) in [5, 5.41) is 7.68. The van der Waals surface area contributed by atoms with Gasteiger partial charge in [-0.1, -0.05) is 0 Å². The van der Waals surface area contributed by atoms with Gasteiger partial charge in [-0.3, -0.25) is 9.58 Å². The molecule has 1 unspecified atom stereocenters. The highest BCUT2D eigenvalue weighted by Crippen LogP contribution is 2.31. The third-order valence-electron chi connectivity index (χ3n) is 3.82. The van der Waals surface area contributed by atoms with Gasteiger partial charge in [0.05, 0.1) is 31.1 Å². The van der Waals surface area contributed by atoms with E-state index in [1.54, 1.807) is 18.4 Å². The van der Waals surface area contributed by atoms with Crippen molar-refractivity contribution in [3.63, 3.8) is 0 Å². The van der Waals surface area contributed by atoms with E-state index < -0.39 is 0 Å². The lowest BCUT2D eigenvalue weighted by Gasteiger charge is -2.35. The number of thiazole rings is 1. The van der Waals surface area contributed by atoms with E-state index >= 15 is 0 Å². The Labute approximate surface area is 123 Å². The third-order valence-corrected chi connectivity index (χ3v) is 4.77. The van der Waals surface area contributed by atoms with Gasteiger partial charge in [-0.05, 0) is 18.9 Å². The van der Waals surface area contributed by atoms with Gasteiger partial charge in [0.2, 0.25) is 0 Å². The van der Waals surface area contributed by atoms with Crippen molar-refractivity contribution in [3.05, 3.63) is 33.5 Å². The van der Waals surface area contributed by atoms with Gasteiger partial charge in [-0.15, -0.1) is 11.3 Å². The molecule has 0 bridgehead atoms. The number of aryl methyl sites for hydroxylation is 2. The number of rotatable bonds is 4. The fourth-order valence-electron chi connectivity index (χ4n) is 2.89. The summed E-state index contributed by atoms with van der Waals surface area (Å²) in [7, 11) is 3.77. The molecular weight excluding hydrogens is 272 g/mol. The summed E-state index contributed by atoms with van der Waals surface area (Å²) in [6.07, 6.45) is 3.04. The Morgan fingerprint density at radius 2 is 2.35 bits per heavy atom. The number of ether oxygens (including phenoxy) is 1. The van der Waals surface area contributed by atoms with Crippen LogP contribution in [0, 0.1) is 6.92 Å². The summed E-state index contributed by atoms with van der Waals surface area (Å²) < 4.78 is 7.42. The lowest BCUT2D eigenvalue weighted by atomic mass is 10.0. The molecule has 0 radical (unpaired) electrons. The molecule has 0 aromatic carbocycles. The van der Waals surface area contributed by atoms with Crippen LogP contribution in [0.15, 0.2) is 11.6 Å². The number of fused-ring (bicyclic) bond motifs is 1. The van der Waals surface area contributed by atoms with Crippen molar-refractivity contribution in [1.82, 2.24) is 19.7 Å². The molecule has 0 N–H and O–H groups in total. The van der Waals surface area contributed by atoms with E-state index in [-0.39, 0.29) is 6.04 Å². The first-order valence-corrected chi connectivity index (χ1v) is 7.71. The zero-order chi connectivity index (χ0) is 14.1. The largest absolute Gasteiger partial charge is 0.383 e. The minimum atomic E-state index is 0.264. The second-order valence-corrected chi connectivity index (χ2v) is 6.20. The van der Waals surface area contributed by atoms with Crippen LogP contribution in [0.25, 0.3) is 0 Å². The van der Waals surface area contributed by atoms with E-state index in [0.29, 0.717) is 6.61 Å². The predicted octanol–water partition coefficient (Wildman–Crippen LogP) is 1.93. The third kappa shape index (κ3) is 2.51. The van der Waals surface area contributed by atoms with Crippen LogP contribution in [0.3, 0.4) is 0 Å². The number of nitrogens with zero attached hydrogens (tertiary/aromatic N) is 4. The van der Waals surface area contributed by atoms with Gasteiger partial charge in [-0.25, -0.2) is 4.98 Å². The average Bonchev–Trinajstić information content (AvgIpc) is 3.00. The summed E-state index contributed by atoms with van der Waals surface area (Å²) >= 11 is 1.73. The highest BCUT2D eigenvalue weighted by molar-refractivity contribution is 7.09. The number of methoxy groups -OCH3 is 1. The van der Waals surface area contributed by atoms with Crippen molar-refractivity contribution in [1.29, 1.82) is 0 Å². The molecular formula is C14H20N4OS. The van der Waals surface area contributed by atoms with Crippen LogP contribution in [-0.4, -0.2) is 39.9 Å². The van der Waals surface area contributed by atoms with Crippen molar-refractivity contribution in [3.8, 4) is 0 Å². The highest BCUT2D eigenvalue weighted by Gasteiger charge is 2.30. The van der Waals surface area contributed by atoms with Crippen LogP contribution in [0.4, 0.5) is 0 Å². The maximum Gasteiger partial charge on any atom is 0.107 e. The normalized spacial score (nSPS) is 19.2. The molecule has 0 saturated carbocycles. The fourth-order valence-corrected chi connectivity index (χ4v) is 3.68. The summed E-state index contributed by atoms with van der Waals surface area (Å²) in [6.45, 7) is 4.65. The van der Waals surface area contributed by atoms with Crippen LogP contribution in [0.1, 0.15) is 28.0 Å². The smallest absolute Gasteiger partial charge is 0.107 e. The number of aromatic nitrogens is 3. The second kappa shape index (κ2) is 5.63. The minimum Gasteiger partial charge on any atom is -0.383 e. The molecule has 0 saturated heterocycles. The first kappa shape index (κ1) is 13.7. The highest BCUT2D eigenvalue weighted by atomic mass is 32.1. The molecule has 0 fully saturated rings. The molecule has 3 heterocycles. The van der Waals surface area contributed by atoms with Crippen LogP contribution < -0.4 is 0 Å². The second-order valence-electron chi connectivity index (χ2n) is 5.25. The topological polar surface area (TPSA) is 43.2 Å². The molecule has 2 aromatic heterocycles. The van der Waals surface area contributed by atoms with Crippen molar-refractivity contribution < 1.29 is 4.74 Å². The van der Waals surface area contributed by atoms with E-state index in [1.165, 1.54) is 16.3 Å². The fraction of sp³-hybridized carbons (Fsp3) is 0.571. The molecule has 108 valence electrons. The maximum atomic E-state index is 5.44. The first-order chi connectivity index (χ1) is 9.69. The van der Waals surface area contributed by atoms with Crippen LogP contribution >= 0.6 is 11.3 Å². The van der Waals surface area contributed by atoms with Crippen molar-refractivity contribution in [2.75, 3.05) is 20.3 Å². The quantitative estimate of drug-likeness (QED) is 0.863. The van der Waals surface area contributed by atoms with Gasteiger partial charge in [0.1, 0.15) is 5.01 Å². The van der Waals surface area contributed by atoms with Gasteiger partial charge >= 0.3 is 0 Å². The van der Waals surface area contributed by atoms with E-state index in [2.05, 4.69) is 20.4 Å². The number of hydrogen-bond donors (Lipinski definition) is 0. The molecule has 3 rings (SSSR count). The standard InChI is InChI=1S/C14H20N4OS/c1-10-9-20-13(16-10)7-18-5-4-11-6-15-17(2)14(11)12(18)8-19-3/h6,9,12H,4-5,7-8H2,1-3H3. The van der Waals surface area contributed by atoms with Gasteiger partial charge < -0.3 is 4.74 Å². The summed E-state index contributed by atoms with van der Waals surface area (Å²) in [5.41, 5.74) is 3.74. The van der Waals surface area contributed by atoms with Gasteiger partial charge in [0, 0.05) is 31.8 Å². The Morgan fingerprint density at radius 3 is 3.05 bits per heavy atom. The summed E-state index contributed by atoms with van der Waals surface area (Å²) in [4.78, 5) is 7.03. The molecule has 6 heteroatoms. The lowest BCUT2D eigenvalue weighted by Crippen LogP contribution is -2.38. The molecule has 20 heavy (non-hydrogen) atoms. The van der Waals surface area contributed by atoms with E-state index in [1.807, 2.05) is 24.9 Å². The van der Waals surface area contributed by atoms with Gasteiger partial charge in [0.25, 0.3) is 0 Å². The van der Waals surface area contributed by atoms with Crippen LogP contribution in [0.5, 0.6) is 0 Å². The zero-order valence-electron chi connectivity index (χ0n) is 12.2. The summed E-state index contributed by atoms with van der Waals surface area (Å²) in [6, 6.07) is 0.264. The number of hydrogen-bond acceptors (Lipinski definition) is 5. The van der Waals surface area contributed by atoms with Crippen molar-refractivity contribution in [2.24, 2.45) is 7.05 Å². The Bertz CT molecular complexity index is 592. The Hall–Kier alpha value is -1.24. The molecule has 1 atom stereocenters. The summed E-state index contributed by atoms with van der Waals surface area (Å²) in [5.74, 6) is 0. The van der Waals surface area contributed by atoms with Crippen molar-refractivity contribution >= 4 is 11.3 Å². The van der Waals surface area contributed by atoms with Gasteiger partial charge in [-0.2, -0.15) is 5.10 Å². The van der Waals surface area contributed by atoms with E-state index in [9.17, 15) is 0 Å². The Kier molecular flexibility index (Phi) is 3.87. The monoisotopic (exact) mass is 292 g/mol. The lowest BCUT2D eigenvalue weighted by molar-refractivity contribution is 0.0733. The van der Waals surface area contributed by atoms with Crippen LogP contribution in [-0.2, 0) is 24.8 Å². The zero-order valence-corrected chi connectivity index (χ0v) is 13.0. The molecule has 5 nitrogen and oxygen atoms in total. The molecule has 0 spiro atoms. The Morgan fingerprint density at radius 1 is 1.50 bits per heavy atom. The minimum absolute atomic E-state index is 0.264. The van der Waals surface area contributed by atoms with E-state index in [4.69, 9.17) is 4.74 Å². The first-order valence-electron chi connectivity index (χ1n) is 6.84. The molecule has 1 aliphatic rings. The SMILES string of the molecule is COCC1c2c(cnn2C)CCN1Cc1nc(C)cs1. The van der Waals surface area contributed by atoms with Gasteiger partial charge in [0.15, 0.2) is 0 Å². The predicted molar refractivity (Wildman–Crippen MR) is 78.8 cm³/mol. The van der Waals surface area contributed by atoms with Crippen molar-refractivity contribution in [2.45, 2.75) is 25.9 Å². The molecule has 2 aromatic rings. The average molecular weight is 292 g/mol. The maximum absolute atomic E-state index is 5.44. The van der Waals surface area contributed by atoms with E-state index in [0.717, 1.165) is 25.2 Å². The molecule has 0 amide bonds. The molecule has 0 aliphatic carbocycles.